The SMILES string of the molecule is CC1(NC(=O)C2CCNCC2)CCOC1. The van der Waals surface area contributed by atoms with Crippen LogP contribution < -0.4 is 10.6 Å². The molecule has 0 bridgehead atoms. The second-order valence-electron chi connectivity index (χ2n) is 4.88. The van der Waals surface area contributed by atoms with Crippen molar-refractivity contribution in [3.63, 3.8) is 0 Å². The van der Waals surface area contributed by atoms with Crippen molar-refractivity contribution >= 4 is 5.91 Å². The summed E-state index contributed by atoms with van der Waals surface area (Å²) in [6.45, 7) is 5.42. The number of piperidine rings is 1. The molecule has 2 fully saturated rings. The van der Waals surface area contributed by atoms with Crippen molar-refractivity contribution in [2.75, 3.05) is 26.3 Å². The second kappa shape index (κ2) is 4.49. The van der Waals surface area contributed by atoms with Gasteiger partial charge < -0.3 is 15.4 Å². The molecule has 2 N–H and O–H groups in total. The standard InChI is InChI=1S/C11H20N2O2/c1-11(4-7-15-8-11)13-10(14)9-2-5-12-6-3-9/h9,12H,2-8H2,1H3,(H,13,14). The fraction of sp³-hybridized carbons (Fsp3) is 0.909. The van der Waals surface area contributed by atoms with E-state index in [0.29, 0.717) is 6.61 Å². The predicted octanol–water partition coefficient (Wildman–Crippen LogP) is 0.281. The average Bonchev–Trinajstić information content (AvgIpc) is 2.66. The van der Waals surface area contributed by atoms with Gasteiger partial charge in [-0.05, 0) is 39.3 Å². The van der Waals surface area contributed by atoms with Crippen molar-refractivity contribution in [2.24, 2.45) is 5.92 Å². The molecule has 0 aliphatic carbocycles. The molecule has 1 unspecified atom stereocenters. The molecule has 0 spiro atoms. The van der Waals surface area contributed by atoms with E-state index < -0.39 is 0 Å². The second-order valence-corrected chi connectivity index (χ2v) is 4.88. The molecule has 1 amide bonds. The number of ether oxygens (including phenoxy) is 1. The van der Waals surface area contributed by atoms with E-state index in [1.165, 1.54) is 0 Å². The maximum Gasteiger partial charge on any atom is 0.223 e. The van der Waals surface area contributed by atoms with Crippen LogP contribution in [0.5, 0.6) is 0 Å². The van der Waals surface area contributed by atoms with Gasteiger partial charge in [-0.15, -0.1) is 0 Å². The quantitative estimate of drug-likeness (QED) is 0.691. The highest BCUT2D eigenvalue weighted by molar-refractivity contribution is 5.79. The molecule has 0 aromatic carbocycles. The normalized spacial score (nSPS) is 32.9. The molecule has 0 aromatic rings. The average molecular weight is 212 g/mol. The zero-order chi connectivity index (χ0) is 10.7. The largest absolute Gasteiger partial charge is 0.379 e. The van der Waals surface area contributed by atoms with Crippen LogP contribution in [0.4, 0.5) is 0 Å². The van der Waals surface area contributed by atoms with Crippen LogP contribution in [0.2, 0.25) is 0 Å². The third-order valence-corrected chi connectivity index (χ3v) is 3.35. The molecule has 2 saturated heterocycles. The Balaban J connectivity index is 1.85. The molecule has 2 aliphatic rings. The molecule has 2 heterocycles. The minimum atomic E-state index is -0.123. The van der Waals surface area contributed by atoms with E-state index in [0.717, 1.165) is 39.0 Å². The Morgan fingerprint density at radius 3 is 2.80 bits per heavy atom. The highest BCUT2D eigenvalue weighted by Crippen LogP contribution is 2.20. The summed E-state index contributed by atoms with van der Waals surface area (Å²) in [4.78, 5) is 12.0. The van der Waals surface area contributed by atoms with Gasteiger partial charge in [-0.1, -0.05) is 0 Å². The van der Waals surface area contributed by atoms with Crippen LogP contribution in [-0.4, -0.2) is 37.7 Å². The van der Waals surface area contributed by atoms with Crippen LogP contribution in [0.3, 0.4) is 0 Å². The Morgan fingerprint density at radius 2 is 2.20 bits per heavy atom. The topological polar surface area (TPSA) is 50.4 Å². The molecule has 15 heavy (non-hydrogen) atoms. The Hall–Kier alpha value is -0.610. The fourth-order valence-corrected chi connectivity index (χ4v) is 2.25. The minimum Gasteiger partial charge on any atom is -0.379 e. The number of hydrogen-bond donors (Lipinski definition) is 2. The number of carbonyl (C=O) groups excluding carboxylic acids is 1. The summed E-state index contributed by atoms with van der Waals surface area (Å²) >= 11 is 0. The van der Waals surface area contributed by atoms with Gasteiger partial charge in [-0.3, -0.25) is 4.79 Å². The molecule has 2 aliphatic heterocycles. The minimum absolute atomic E-state index is 0.123. The molecule has 0 aromatic heterocycles. The van der Waals surface area contributed by atoms with E-state index in [1.807, 2.05) is 0 Å². The van der Waals surface area contributed by atoms with Gasteiger partial charge in [0.2, 0.25) is 5.91 Å². The lowest BCUT2D eigenvalue weighted by Crippen LogP contribution is -2.50. The summed E-state index contributed by atoms with van der Waals surface area (Å²) in [6, 6.07) is 0. The van der Waals surface area contributed by atoms with Crippen molar-refractivity contribution in [1.29, 1.82) is 0 Å². The molecule has 1 atom stereocenters. The first kappa shape index (κ1) is 10.9. The Kier molecular flexibility index (Phi) is 3.26. The molecular formula is C11H20N2O2. The van der Waals surface area contributed by atoms with Gasteiger partial charge in [-0.25, -0.2) is 0 Å². The maximum absolute atomic E-state index is 12.0. The zero-order valence-electron chi connectivity index (χ0n) is 9.34. The number of carbonyl (C=O) groups is 1. The van der Waals surface area contributed by atoms with Crippen LogP contribution in [-0.2, 0) is 9.53 Å². The maximum atomic E-state index is 12.0. The molecule has 4 nitrogen and oxygen atoms in total. The lowest BCUT2D eigenvalue weighted by Gasteiger charge is -2.28. The van der Waals surface area contributed by atoms with Crippen LogP contribution in [0.25, 0.3) is 0 Å². The number of amides is 1. The third-order valence-electron chi connectivity index (χ3n) is 3.35. The molecule has 4 heteroatoms. The fourth-order valence-electron chi connectivity index (χ4n) is 2.25. The van der Waals surface area contributed by atoms with Crippen molar-refractivity contribution in [2.45, 2.75) is 31.7 Å². The van der Waals surface area contributed by atoms with Crippen molar-refractivity contribution < 1.29 is 9.53 Å². The van der Waals surface area contributed by atoms with E-state index in [9.17, 15) is 4.79 Å². The monoisotopic (exact) mass is 212 g/mol. The first-order chi connectivity index (χ1) is 7.20. The van der Waals surface area contributed by atoms with E-state index in [2.05, 4.69) is 17.6 Å². The van der Waals surface area contributed by atoms with Crippen LogP contribution >= 0.6 is 0 Å². The highest BCUT2D eigenvalue weighted by atomic mass is 16.5. The third kappa shape index (κ3) is 2.69. The van der Waals surface area contributed by atoms with E-state index in [1.54, 1.807) is 0 Å². The number of rotatable bonds is 2. The summed E-state index contributed by atoms with van der Waals surface area (Å²) < 4.78 is 5.32. The molecule has 86 valence electrons. The highest BCUT2D eigenvalue weighted by Gasteiger charge is 2.33. The van der Waals surface area contributed by atoms with Gasteiger partial charge >= 0.3 is 0 Å². The van der Waals surface area contributed by atoms with Crippen molar-refractivity contribution in [1.82, 2.24) is 10.6 Å². The molecule has 2 rings (SSSR count). The predicted molar refractivity (Wildman–Crippen MR) is 57.6 cm³/mol. The lowest BCUT2D eigenvalue weighted by molar-refractivity contribution is -0.127. The van der Waals surface area contributed by atoms with Gasteiger partial charge in [0.15, 0.2) is 0 Å². The Morgan fingerprint density at radius 1 is 1.47 bits per heavy atom. The Labute approximate surface area is 90.8 Å². The first-order valence-electron chi connectivity index (χ1n) is 5.80. The van der Waals surface area contributed by atoms with Crippen LogP contribution in [0, 0.1) is 5.92 Å². The first-order valence-corrected chi connectivity index (χ1v) is 5.80. The number of hydrogen-bond acceptors (Lipinski definition) is 3. The Bertz CT molecular complexity index is 231. The molecule has 0 saturated carbocycles. The van der Waals surface area contributed by atoms with Crippen molar-refractivity contribution in [3.05, 3.63) is 0 Å². The summed E-state index contributed by atoms with van der Waals surface area (Å²) in [5.74, 6) is 0.410. The smallest absolute Gasteiger partial charge is 0.223 e. The van der Waals surface area contributed by atoms with Gasteiger partial charge in [0.1, 0.15) is 0 Å². The van der Waals surface area contributed by atoms with Gasteiger partial charge in [0.05, 0.1) is 12.1 Å². The molecule has 0 radical (unpaired) electrons. The van der Waals surface area contributed by atoms with E-state index >= 15 is 0 Å². The van der Waals surface area contributed by atoms with Crippen LogP contribution in [0.15, 0.2) is 0 Å². The lowest BCUT2D eigenvalue weighted by atomic mass is 9.94. The van der Waals surface area contributed by atoms with Crippen LogP contribution in [0.1, 0.15) is 26.2 Å². The van der Waals surface area contributed by atoms with E-state index in [-0.39, 0.29) is 17.4 Å². The van der Waals surface area contributed by atoms with Gasteiger partial charge in [0.25, 0.3) is 0 Å². The molecular weight excluding hydrogens is 192 g/mol. The van der Waals surface area contributed by atoms with Gasteiger partial charge in [0, 0.05) is 12.5 Å². The van der Waals surface area contributed by atoms with Crippen molar-refractivity contribution in [3.8, 4) is 0 Å². The van der Waals surface area contributed by atoms with E-state index in [4.69, 9.17) is 4.74 Å². The summed E-state index contributed by atoms with van der Waals surface area (Å²) in [7, 11) is 0. The summed E-state index contributed by atoms with van der Waals surface area (Å²) in [5, 5.41) is 6.40. The summed E-state index contributed by atoms with van der Waals surface area (Å²) in [6.07, 6.45) is 2.86. The summed E-state index contributed by atoms with van der Waals surface area (Å²) in [5.41, 5.74) is -0.123. The zero-order valence-corrected chi connectivity index (χ0v) is 9.34. The van der Waals surface area contributed by atoms with Gasteiger partial charge in [-0.2, -0.15) is 0 Å². The number of nitrogens with one attached hydrogen (secondary N) is 2.